The van der Waals surface area contributed by atoms with E-state index in [4.69, 9.17) is 17.0 Å². The molecule has 0 unspecified atom stereocenters. The van der Waals surface area contributed by atoms with Crippen LogP contribution in [-0.4, -0.2) is 43.4 Å². The van der Waals surface area contributed by atoms with Gasteiger partial charge in [-0.1, -0.05) is 26.3 Å². The molecule has 2 aromatic carbocycles. The van der Waals surface area contributed by atoms with E-state index in [0.717, 1.165) is 19.3 Å². The fourth-order valence-corrected chi connectivity index (χ4v) is 5.02. The van der Waals surface area contributed by atoms with Crippen LogP contribution < -0.4 is 15.4 Å². The fraction of sp³-hybridized carbons (Fsp3) is 0.391. The van der Waals surface area contributed by atoms with E-state index in [1.807, 2.05) is 0 Å². The highest BCUT2D eigenvalue weighted by Crippen LogP contribution is 2.22. The fourth-order valence-electron chi connectivity index (χ4n) is 3.29. The van der Waals surface area contributed by atoms with Gasteiger partial charge in [-0.25, -0.2) is 8.42 Å². The number of nitrogens with one attached hydrogen (secondary N) is 2. The molecule has 0 radical (unpaired) electrons. The molecule has 0 bridgehead atoms. The lowest BCUT2D eigenvalue weighted by Gasteiger charge is -2.25. The van der Waals surface area contributed by atoms with Crippen LogP contribution in [0.15, 0.2) is 53.4 Å². The minimum absolute atomic E-state index is 0.120. The molecular weight excluding hydrogens is 446 g/mol. The largest absolute Gasteiger partial charge is 0.493 e. The van der Waals surface area contributed by atoms with E-state index in [1.165, 1.54) is 4.31 Å². The van der Waals surface area contributed by atoms with Gasteiger partial charge in [0.15, 0.2) is 5.11 Å². The lowest BCUT2D eigenvalue weighted by Crippen LogP contribution is -2.35. The van der Waals surface area contributed by atoms with Gasteiger partial charge >= 0.3 is 0 Å². The number of thiocarbonyl (C=S) groups is 1. The lowest BCUT2D eigenvalue weighted by atomic mass is 10.2. The van der Waals surface area contributed by atoms with Gasteiger partial charge < -0.3 is 10.1 Å². The Kier molecular flexibility index (Phi) is 8.22. The van der Waals surface area contributed by atoms with E-state index in [0.29, 0.717) is 42.6 Å². The summed E-state index contributed by atoms with van der Waals surface area (Å²) in [4.78, 5) is 12.8. The molecular formula is C23H29N3O4S2. The van der Waals surface area contributed by atoms with E-state index in [9.17, 15) is 13.2 Å². The van der Waals surface area contributed by atoms with E-state index in [-0.39, 0.29) is 15.9 Å². The van der Waals surface area contributed by atoms with Crippen molar-refractivity contribution in [3.05, 3.63) is 54.1 Å². The number of nitrogens with zero attached hydrogens (tertiary/aromatic N) is 1. The zero-order valence-corrected chi connectivity index (χ0v) is 20.0. The van der Waals surface area contributed by atoms with Gasteiger partial charge in [-0.15, -0.1) is 0 Å². The SMILES string of the molecule is CC(C)COc1cccc(C(=O)NC(=S)Nc2ccc(S(=O)(=O)N3CCCCC3)cc2)c1. The van der Waals surface area contributed by atoms with Crippen LogP contribution in [-0.2, 0) is 10.0 Å². The molecule has 7 nitrogen and oxygen atoms in total. The third-order valence-corrected chi connectivity index (χ3v) is 7.09. The molecule has 0 aromatic heterocycles. The smallest absolute Gasteiger partial charge is 0.257 e. The van der Waals surface area contributed by atoms with Gasteiger partial charge in [0.05, 0.1) is 11.5 Å². The van der Waals surface area contributed by atoms with Crippen LogP contribution in [0.3, 0.4) is 0 Å². The molecule has 1 amide bonds. The van der Waals surface area contributed by atoms with Crippen molar-refractivity contribution in [3.63, 3.8) is 0 Å². The summed E-state index contributed by atoms with van der Waals surface area (Å²) >= 11 is 5.24. The summed E-state index contributed by atoms with van der Waals surface area (Å²) in [5.41, 5.74) is 1.01. The number of ether oxygens (including phenoxy) is 1. The Balaban J connectivity index is 1.58. The Morgan fingerprint density at radius 2 is 1.78 bits per heavy atom. The van der Waals surface area contributed by atoms with Crippen LogP contribution in [0.2, 0.25) is 0 Å². The standard InChI is InChI=1S/C23H29N3O4S2/c1-17(2)16-30-20-8-6-7-18(15-20)22(27)25-23(31)24-19-9-11-21(12-10-19)32(28,29)26-13-4-3-5-14-26/h6-12,15,17H,3-5,13-14,16H2,1-2H3,(H2,24,25,27,31). The number of carbonyl (C=O) groups excluding carboxylic acids is 1. The Morgan fingerprint density at radius 1 is 1.09 bits per heavy atom. The molecule has 1 aliphatic heterocycles. The highest BCUT2D eigenvalue weighted by molar-refractivity contribution is 7.89. The van der Waals surface area contributed by atoms with Crippen molar-refractivity contribution < 1.29 is 17.9 Å². The van der Waals surface area contributed by atoms with E-state index < -0.39 is 10.0 Å². The van der Waals surface area contributed by atoms with Crippen molar-refractivity contribution in [1.82, 2.24) is 9.62 Å². The Bertz CT molecular complexity index is 1050. The molecule has 2 aromatic rings. The molecule has 1 heterocycles. The highest BCUT2D eigenvalue weighted by atomic mass is 32.2. The monoisotopic (exact) mass is 475 g/mol. The van der Waals surface area contributed by atoms with Gasteiger partial charge in [0.2, 0.25) is 10.0 Å². The number of benzene rings is 2. The normalized spacial score (nSPS) is 14.7. The summed E-state index contributed by atoms with van der Waals surface area (Å²) in [5.74, 6) is 0.642. The summed E-state index contributed by atoms with van der Waals surface area (Å²) in [6.45, 7) is 5.78. The van der Waals surface area contributed by atoms with Gasteiger partial charge in [-0.2, -0.15) is 4.31 Å². The van der Waals surface area contributed by atoms with Crippen LogP contribution in [0.5, 0.6) is 5.75 Å². The number of rotatable bonds is 7. The summed E-state index contributed by atoms with van der Waals surface area (Å²) in [5, 5.41) is 5.67. The van der Waals surface area contributed by atoms with Crippen molar-refractivity contribution in [2.75, 3.05) is 25.0 Å². The summed E-state index contributed by atoms with van der Waals surface area (Å²) in [7, 11) is -3.49. The van der Waals surface area contributed by atoms with Crippen molar-refractivity contribution in [1.29, 1.82) is 0 Å². The van der Waals surface area contributed by atoms with Gasteiger partial charge in [0, 0.05) is 24.3 Å². The summed E-state index contributed by atoms with van der Waals surface area (Å²) in [6.07, 6.45) is 2.84. The van der Waals surface area contributed by atoms with Gasteiger partial charge in [-0.3, -0.25) is 10.1 Å². The van der Waals surface area contributed by atoms with Crippen LogP contribution in [0.1, 0.15) is 43.5 Å². The zero-order chi connectivity index (χ0) is 23.1. The molecule has 1 aliphatic rings. The number of hydrogen-bond acceptors (Lipinski definition) is 5. The minimum Gasteiger partial charge on any atom is -0.493 e. The number of hydrogen-bond donors (Lipinski definition) is 2. The minimum atomic E-state index is -3.49. The molecule has 0 saturated carbocycles. The predicted octanol–water partition coefficient (Wildman–Crippen LogP) is 4.02. The highest BCUT2D eigenvalue weighted by Gasteiger charge is 2.25. The third-order valence-electron chi connectivity index (χ3n) is 4.97. The molecule has 0 aliphatic carbocycles. The Labute approximate surface area is 195 Å². The molecule has 1 fully saturated rings. The van der Waals surface area contributed by atoms with Crippen molar-refractivity contribution >= 4 is 38.9 Å². The maximum atomic E-state index is 12.7. The number of anilines is 1. The molecule has 9 heteroatoms. The van der Waals surface area contributed by atoms with Crippen LogP contribution >= 0.6 is 12.2 Å². The van der Waals surface area contributed by atoms with Crippen molar-refractivity contribution in [2.24, 2.45) is 5.92 Å². The maximum absolute atomic E-state index is 12.7. The molecule has 0 atom stereocenters. The lowest BCUT2D eigenvalue weighted by molar-refractivity contribution is 0.0977. The van der Waals surface area contributed by atoms with Crippen LogP contribution in [0.4, 0.5) is 5.69 Å². The summed E-state index contributed by atoms with van der Waals surface area (Å²) < 4.78 is 32.7. The second kappa shape index (κ2) is 10.9. The number of sulfonamides is 1. The molecule has 172 valence electrons. The quantitative estimate of drug-likeness (QED) is 0.588. The average Bonchev–Trinajstić information content (AvgIpc) is 2.78. The van der Waals surface area contributed by atoms with E-state index >= 15 is 0 Å². The molecule has 1 saturated heterocycles. The first-order chi connectivity index (χ1) is 15.3. The van der Waals surface area contributed by atoms with E-state index in [2.05, 4.69) is 24.5 Å². The van der Waals surface area contributed by atoms with Crippen molar-refractivity contribution in [2.45, 2.75) is 38.0 Å². The topological polar surface area (TPSA) is 87.7 Å². The maximum Gasteiger partial charge on any atom is 0.257 e. The van der Waals surface area contributed by atoms with Gasteiger partial charge in [-0.05, 0) is 73.4 Å². The number of amides is 1. The Morgan fingerprint density at radius 3 is 2.44 bits per heavy atom. The first-order valence-electron chi connectivity index (χ1n) is 10.7. The Hall–Kier alpha value is -2.49. The number of carbonyl (C=O) groups is 1. The first-order valence-corrected chi connectivity index (χ1v) is 12.6. The zero-order valence-electron chi connectivity index (χ0n) is 18.3. The van der Waals surface area contributed by atoms with Crippen LogP contribution in [0.25, 0.3) is 0 Å². The number of piperidine rings is 1. The van der Waals surface area contributed by atoms with Crippen molar-refractivity contribution in [3.8, 4) is 5.75 Å². The molecule has 2 N–H and O–H groups in total. The second-order valence-corrected chi connectivity index (χ2v) is 10.5. The van der Waals surface area contributed by atoms with Gasteiger partial charge in [0.25, 0.3) is 5.91 Å². The molecule has 0 spiro atoms. The molecule has 32 heavy (non-hydrogen) atoms. The molecule has 3 rings (SSSR count). The van der Waals surface area contributed by atoms with Crippen LogP contribution in [0, 0.1) is 5.92 Å². The van der Waals surface area contributed by atoms with Gasteiger partial charge in [0.1, 0.15) is 5.75 Å². The second-order valence-electron chi connectivity index (χ2n) is 8.13. The van der Waals surface area contributed by atoms with E-state index in [1.54, 1.807) is 48.5 Å². The third kappa shape index (κ3) is 6.51. The average molecular weight is 476 g/mol. The first kappa shape index (κ1) is 24.2. The predicted molar refractivity (Wildman–Crippen MR) is 130 cm³/mol. The summed E-state index contributed by atoms with van der Waals surface area (Å²) in [6, 6.07) is 13.3.